The lowest BCUT2D eigenvalue weighted by Gasteiger charge is -2.06. The average molecular weight is 389 g/mol. The molecule has 0 spiro atoms. The monoisotopic (exact) mass is 389 g/mol. The van der Waals surface area contributed by atoms with Gasteiger partial charge in [-0.1, -0.05) is 17.7 Å². The third-order valence-corrected chi connectivity index (χ3v) is 4.32. The second kappa shape index (κ2) is 5.98. The number of aromatic nitrogens is 1. The molecule has 0 fully saturated rings. The summed E-state index contributed by atoms with van der Waals surface area (Å²) in [6, 6.07) is 8.39. The van der Waals surface area contributed by atoms with E-state index in [1.807, 2.05) is 13.0 Å². The highest BCUT2D eigenvalue weighted by molar-refractivity contribution is 14.1. The van der Waals surface area contributed by atoms with Gasteiger partial charge in [-0.15, -0.1) is 0 Å². The van der Waals surface area contributed by atoms with Crippen LogP contribution in [0.25, 0.3) is 0 Å². The van der Waals surface area contributed by atoms with Crippen molar-refractivity contribution in [3.05, 3.63) is 57.4 Å². The zero-order valence-corrected chi connectivity index (χ0v) is 13.2. The van der Waals surface area contributed by atoms with E-state index in [0.29, 0.717) is 0 Å². The van der Waals surface area contributed by atoms with E-state index in [1.165, 1.54) is 12.1 Å². The Bertz CT molecular complexity index is 669. The third-order valence-electron chi connectivity index (χ3n) is 2.45. The molecule has 0 unspecified atom stereocenters. The summed E-state index contributed by atoms with van der Waals surface area (Å²) in [5.41, 5.74) is 1.73. The summed E-state index contributed by atoms with van der Waals surface area (Å²) in [7, 11) is -3.72. The van der Waals surface area contributed by atoms with Crippen LogP contribution in [0.3, 0.4) is 0 Å². The normalized spacial score (nSPS) is 11.5. The number of hydrogen-bond donors (Lipinski definition) is 0. The molecule has 0 N–H and O–H groups in total. The predicted molar refractivity (Wildman–Crippen MR) is 80.1 cm³/mol. The standard InChI is InChI=1S/C13H12INO3S/c1-10-2-4-13(5-3-10)19(16,17)18-9-11-6-12(14)8-15-7-11/h2-8H,9H2,1H3. The van der Waals surface area contributed by atoms with Crippen molar-refractivity contribution in [1.29, 1.82) is 0 Å². The fourth-order valence-electron chi connectivity index (χ4n) is 1.45. The SMILES string of the molecule is Cc1ccc(S(=O)(=O)OCc2cncc(I)c2)cc1. The molecule has 0 amide bonds. The van der Waals surface area contributed by atoms with Gasteiger partial charge in [-0.2, -0.15) is 8.42 Å². The van der Waals surface area contributed by atoms with E-state index in [4.69, 9.17) is 4.18 Å². The number of pyridine rings is 1. The first kappa shape index (κ1) is 14.4. The molecule has 19 heavy (non-hydrogen) atoms. The van der Waals surface area contributed by atoms with E-state index in [0.717, 1.165) is 14.7 Å². The number of halogens is 1. The number of benzene rings is 1. The van der Waals surface area contributed by atoms with Crippen LogP contribution in [0, 0.1) is 10.5 Å². The predicted octanol–water partition coefficient (Wildman–Crippen LogP) is 2.90. The van der Waals surface area contributed by atoms with Crippen LogP contribution in [0.4, 0.5) is 0 Å². The second-order valence-corrected chi connectivity index (χ2v) is 6.90. The first-order valence-electron chi connectivity index (χ1n) is 5.53. The Morgan fingerprint density at radius 2 is 1.89 bits per heavy atom. The molecular weight excluding hydrogens is 377 g/mol. The molecule has 0 aliphatic carbocycles. The minimum Gasteiger partial charge on any atom is -0.263 e. The number of nitrogens with zero attached hydrogens (tertiary/aromatic N) is 1. The number of rotatable bonds is 4. The van der Waals surface area contributed by atoms with Crippen LogP contribution >= 0.6 is 22.6 Å². The van der Waals surface area contributed by atoms with Crippen molar-refractivity contribution >= 4 is 32.7 Å². The van der Waals surface area contributed by atoms with Gasteiger partial charge in [0.05, 0.1) is 11.5 Å². The van der Waals surface area contributed by atoms with Crippen LogP contribution < -0.4 is 0 Å². The van der Waals surface area contributed by atoms with Crippen molar-refractivity contribution in [2.45, 2.75) is 18.4 Å². The Hall–Kier alpha value is -0.990. The molecule has 6 heteroatoms. The molecule has 100 valence electrons. The summed E-state index contributed by atoms with van der Waals surface area (Å²) in [5.74, 6) is 0. The van der Waals surface area contributed by atoms with Crippen LogP contribution in [0.2, 0.25) is 0 Å². The Morgan fingerprint density at radius 1 is 1.21 bits per heavy atom. The minimum atomic E-state index is -3.72. The van der Waals surface area contributed by atoms with Crippen LogP contribution in [0.5, 0.6) is 0 Å². The molecule has 1 aromatic carbocycles. The molecular formula is C13H12INO3S. The van der Waals surface area contributed by atoms with Crippen molar-refractivity contribution in [3.8, 4) is 0 Å². The van der Waals surface area contributed by atoms with E-state index in [2.05, 4.69) is 27.6 Å². The molecule has 0 radical (unpaired) electrons. The molecule has 0 saturated carbocycles. The van der Waals surface area contributed by atoms with E-state index in [9.17, 15) is 8.42 Å². The summed E-state index contributed by atoms with van der Waals surface area (Å²) >= 11 is 2.11. The molecule has 1 heterocycles. The smallest absolute Gasteiger partial charge is 0.263 e. The number of aryl methyl sites for hydroxylation is 1. The minimum absolute atomic E-state index is 0.0138. The highest BCUT2D eigenvalue weighted by Crippen LogP contribution is 2.15. The largest absolute Gasteiger partial charge is 0.297 e. The second-order valence-electron chi connectivity index (χ2n) is 4.04. The molecule has 4 nitrogen and oxygen atoms in total. The van der Waals surface area contributed by atoms with Crippen LogP contribution in [-0.4, -0.2) is 13.4 Å². The summed E-state index contributed by atoms with van der Waals surface area (Å²) in [6.07, 6.45) is 3.28. The molecule has 1 aromatic heterocycles. The first-order valence-corrected chi connectivity index (χ1v) is 8.01. The summed E-state index contributed by atoms with van der Waals surface area (Å²) < 4.78 is 29.9. The Labute approximate surface area is 126 Å². The van der Waals surface area contributed by atoms with Crippen molar-refractivity contribution in [3.63, 3.8) is 0 Å². The highest BCUT2D eigenvalue weighted by atomic mass is 127. The summed E-state index contributed by atoms with van der Waals surface area (Å²) in [5, 5.41) is 0. The molecule has 0 aliphatic rings. The van der Waals surface area contributed by atoms with E-state index in [1.54, 1.807) is 24.5 Å². The zero-order valence-electron chi connectivity index (χ0n) is 10.2. The quantitative estimate of drug-likeness (QED) is 0.596. The van der Waals surface area contributed by atoms with Gasteiger partial charge < -0.3 is 0 Å². The maximum absolute atomic E-state index is 12.0. The van der Waals surface area contributed by atoms with E-state index in [-0.39, 0.29) is 11.5 Å². The van der Waals surface area contributed by atoms with Gasteiger partial charge in [-0.25, -0.2) is 0 Å². The van der Waals surface area contributed by atoms with E-state index >= 15 is 0 Å². The van der Waals surface area contributed by atoms with Gasteiger partial charge >= 0.3 is 0 Å². The maximum Gasteiger partial charge on any atom is 0.297 e. The molecule has 2 rings (SSSR count). The van der Waals surface area contributed by atoms with Crippen LogP contribution in [0.1, 0.15) is 11.1 Å². The molecule has 2 aromatic rings. The van der Waals surface area contributed by atoms with Gasteiger partial charge in [0, 0.05) is 16.0 Å². The maximum atomic E-state index is 12.0. The van der Waals surface area contributed by atoms with Crippen molar-refractivity contribution in [2.75, 3.05) is 0 Å². The summed E-state index contributed by atoms with van der Waals surface area (Å²) in [4.78, 5) is 4.15. The Morgan fingerprint density at radius 3 is 2.53 bits per heavy atom. The average Bonchev–Trinajstić information content (AvgIpc) is 2.37. The van der Waals surface area contributed by atoms with Gasteiger partial charge in [0.1, 0.15) is 0 Å². The molecule has 0 aliphatic heterocycles. The van der Waals surface area contributed by atoms with Crippen molar-refractivity contribution in [1.82, 2.24) is 4.98 Å². The lowest BCUT2D eigenvalue weighted by atomic mass is 10.2. The summed E-state index contributed by atoms with van der Waals surface area (Å²) in [6.45, 7) is 1.88. The zero-order chi connectivity index (χ0) is 13.9. The van der Waals surface area contributed by atoms with Gasteiger partial charge in [0.25, 0.3) is 10.1 Å². The van der Waals surface area contributed by atoms with Crippen LogP contribution in [-0.2, 0) is 20.9 Å². The fourth-order valence-corrected chi connectivity index (χ4v) is 2.91. The number of hydrogen-bond acceptors (Lipinski definition) is 4. The van der Waals surface area contributed by atoms with Gasteiger partial charge in [-0.05, 0) is 53.3 Å². The van der Waals surface area contributed by atoms with Crippen molar-refractivity contribution < 1.29 is 12.6 Å². The molecule has 0 bridgehead atoms. The third kappa shape index (κ3) is 3.99. The Balaban J connectivity index is 2.12. The molecule has 0 saturated heterocycles. The van der Waals surface area contributed by atoms with Gasteiger partial charge in [0.2, 0.25) is 0 Å². The lowest BCUT2D eigenvalue weighted by molar-refractivity contribution is 0.307. The highest BCUT2D eigenvalue weighted by Gasteiger charge is 2.14. The van der Waals surface area contributed by atoms with Gasteiger partial charge in [-0.3, -0.25) is 9.17 Å². The topological polar surface area (TPSA) is 56.3 Å². The van der Waals surface area contributed by atoms with E-state index < -0.39 is 10.1 Å². The van der Waals surface area contributed by atoms with Gasteiger partial charge in [0.15, 0.2) is 0 Å². The lowest BCUT2D eigenvalue weighted by Crippen LogP contribution is -2.06. The Kier molecular flexibility index (Phi) is 4.54. The first-order chi connectivity index (χ1) is 8.97. The van der Waals surface area contributed by atoms with Crippen LogP contribution in [0.15, 0.2) is 47.6 Å². The molecule has 0 atom stereocenters. The fraction of sp³-hybridized carbons (Fsp3) is 0.154. The van der Waals surface area contributed by atoms with Crippen molar-refractivity contribution in [2.24, 2.45) is 0 Å².